The van der Waals surface area contributed by atoms with E-state index < -0.39 is 0 Å². The molecule has 3 heterocycles. The highest BCUT2D eigenvalue weighted by molar-refractivity contribution is 5.94. The quantitative estimate of drug-likeness (QED) is 0.904. The van der Waals surface area contributed by atoms with Crippen LogP contribution >= 0.6 is 0 Å². The zero-order chi connectivity index (χ0) is 13.9. The van der Waals surface area contributed by atoms with Gasteiger partial charge in [-0.05, 0) is 38.3 Å². The predicted octanol–water partition coefficient (Wildman–Crippen LogP) is 1.88. The first-order chi connectivity index (χ1) is 9.75. The Labute approximate surface area is 117 Å². The molecule has 0 radical (unpaired) electrons. The summed E-state index contributed by atoms with van der Waals surface area (Å²) < 4.78 is 0. The highest BCUT2D eigenvalue weighted by Crippen LogP contribution is 2.30. The van der Waals surface area contributed by atoms with Crippen molar-refractivity contribution in [3.63, 3.8) is 0 Å². The van der Waals surface area contributed by atoms with Gasteiger partial charge in [0.25, 0.3) is 5.91 Å². The number of aryl methyl sites for hydroxylation is 1. The van der Waals surface area contributed by atoms with E-state index in [2.05, 4.69) is 20.2 Å². The number of amides is 1. The van der Waals surface area contributed by atoms with Crippen LogP contribution in [0.4, 0.5) is 0 Å². The third-order valence-corrected chi connectivity index (χ3v) is 3.60. The summed E-state index contributed by atoms with van der Waals surface area (Å²) >= 11 is 0. The van der Waals surface area contributed by atoms with Crippen molar-refractivity contribution in [3.05, 3.63) is 41.7 Å². The molecule has 2 aromatic rings. The summed E-state index contributed by atoms with van der Waals surface area (Å²) in [6, 6.07) is 3.46. The molecule has 6 heteroatoms. The van der Waals surface area contributed by atoms with Crippen LogP contribution in [-0.2, 0) is 0 Å². The summed E-state index contributed by atoms with van der Waals surface area (Å²) in [6.07, 6.45) is 6.31. The van der Waals surface area contributed by atoms with Gasteiger partial charge in [0, 0.05) is 24.5 Å². The minimum absolute atomic E-state index is 0.0274. The average molecular weight is 271 g/mol. The Hall–Kier alpha value is -2.24. The molecule has 6 nitrogen and oxygen atoms in total. The topological polar surface area (TPSA) is 74.8 Å². The van der Waals surface area contributed by atoms with E-state index in [1.807, 2.05) is 11.8 Å². The first kappa shape index (κ1) is 12.8. The minimum Gasteiger partial charge on any atom is -0.328 e. The highest BCUT2D eigenvalue weighted by Gasteiger charge is 2.31. The van der Waals surface area contributed by atoms with Crippen molar-refractivity contribution in [1.29, 1.82) is 0 Å². The maximum absolute atomic E-state index is 12.6. The maximum Gasteiger partial charge on any atom is 0.254 e. The van der Waals surface area contributed by atoms with Crippen LogP contribution in [0.15, 0.2) is 24.5 Å². The largest absolute Gasteiger partial charge is 0.328 e. The lowest BCUT2D eigenvalue weighted by Crippen LogP contribution is -2.39. The van der Waals surface area contributed by atoms with E-state index in [9.17, 15) is 4.79 Å². The first-order valence-corrected chi connectivity index (χ1v) is 6.85. The Morgan fingerprint density at radius 3 is 2.85 bits per heavy atom. The molecule has 1 N–H and O–H groups in total. The monoisotopic (exact) mass is 271 g/mol. The molecule has 0 spiro atoms. The molecule has 0 saturated carbocycles. The second-order valence-electron chi connectivity index (χ2n) is 5.03. The van der Waals surface area contributed by atoms with Gasteiger partial charge in [-0.15, -0.1) is 0 Å². The van der Waals surface area contributed by atoms with Crippen molar-refractivity contribution >= 4 is 5.91 Å². The summed E-state index contributed by atoms with van der Waals surface area (Å²) in [7, 11) is 0. The second kappa shape index (κ2) is 5.40. The standard InChI is InChI=1S/C14H17N5O/c1-10-16-13(18-17-10)12-4-2-3-9-19(12)14(20)11-5-7-15-8-6-11/h5-8,12H,2-4,9H2,1H3,(H,16,17,18)/t12-/m1/s1. The number of hydrogen-bond donors (Lipinski definition) is 1. The Morgan fingerprint density at radius 2 is 2.15 bits per heavy atom. The number of nitrogens with zero attached hydrogens (tertiary/aromatic N) is 4. The molecule has 1 amide bonds. The number of carbonyl (C=O) groups excluding carboxylic acids is 1. The fraction of sp³-hybridized carbons (Fsp3) is 0.429. The zero-order valence-corrected chi connectivity index (χ0v) is 11.4. The molecular formula is C14H17N5O. The van der Waals surface area contributed by atoms with E-state index >= 15 is 0 Å². The van der Waals surface area contributed by atoms with E-state index in [1.165, 1.54) is 0 Å². The fourth-order valence-electron chi connectivity index (χ4n) is 2.61. The SMILES string of the molecule is Cc1nc([C@H]2CCCCN2C(=O)c2ccncc2)n[nH]1. The molecule has 2 aromatic heterocycles. The van der Waals surface area contributed by atoms with E-state index in [1.54, 1.807) is 24.5 Å². The zero-order valence-electron chi connectivity index (χ0n) is 11.4. The number of likely N-dealkylation sites (tertiary alicyclic amines) is 1. The molecule has 3 rings (SSSR count). The van der Waals surface area contributed by atoms with Gasteiger partial charge in [0.05, 0.1) is 6.04 Å². The van der Waals surface area contributed by atoms with Gasteiger partial charge < -0.3 is 4.90 Å². The minimum atomic E-state index is -0.0330. The van der Waals surface area contributed by atoms with Gasteiger partial charge in [0.2, 0.25) is 0 Å². The van der Waals surface area contributed by atoms with Gasteiger partial charge in [-0.1, -0.05) is 0 Å². The van der Waals surface area contributed by atoms with Gasteiger partial charge in [0.15, 0.2) is 5.82 Å². The number of carbonyl (C=O) groups is 1. The van der Waals surface area contributed by atoms with Crippen molar-refractivity contribution in [3.8, 4) is 0 Å². The molecule has 0 aromatic carbocycles. The Bertz CT molecular complexity index is 595. The number of pyridine rings is 1. The number of H-pyrrole nitrogens is 1. The maximum atomic E-state index is 12.6. The van der Waals surface area contributed by atoms with E-state index in [4.69, 9.17) is 0 Å². The lowest BCUT2D eigenvalue weighted by molar-refractivity contribution is 0.0600. The number of rotatable bonds is 2. The van der Waals surface area contributed by atoms with Crippen molar-refractivity contribution in [2.24, 2.45) is 0 Å². The molecule has 20 heavy (non-hydrogen) atoms. The van der Waals surface area contributed by atoms with Crippen molar-refractivity contribution < 1.29 is 4.79 Å². The molecule has 1 aliphatic heterocycles. The normalized spacial score (nSPS) is 19.1. The highest BCUT2D eigenvalue weighted by atomic mass is 16.2. The molecule has 1 aliphatic rings. The second-order valence-corrected chi connectivity index (χ2v) is 5.03. The number of piperidine rings is 1. The lowest BCUT2D eigenvalue weighted by Gasteiger charge is -2.34. The molecule has 0 aliphatic carbocycles. The van der Waals surface area contributed by atoms with E-state index in [0.29, 0.717) is 11.4 Å². The van der Waals surface area contributed by atoms with Gasteiger partial charge in [0.1, 0.15) is 5.82 Å². The molecule has 1 atom stereocenters. The van der Waals surface area contributed by atoms with Crippen LogP contribution < -0.4 is 0 Å². The fourth-order valence-corrected chi connectivity index (χ4v) is 2.61. The van der Waals surface area contributed by atoms with E-state index in [-0.39, 0.29) is 11.9 Å². The third-order valence-electron chi connectivity index (χ3n) is 3.60. The Balaban J connectivity index is 1.87. The molecule has 104 valence electrons. The van der Waals surface area contributed by atoms with Crippen LogP contribution in [0.5, 0.6) is 0 Å². The van der Waals surface area contributed by atoms with Crippen LogP contribution in [0.25, 0.3) is 0 Å². The number of aromatic nitrogens is 4. The Kier molecular flexibility index (Phi) is 3.45. The molecular weight excluding hydrogens is 254 g/mol. The average Bonchev–Trinajstić information content (AvgIpc) is 2.94. The van der Waals surface area contributed by atoms with Gasteiger partial charge in [-0.3, -0.25) is 14.9 Å². The van der Waals surface area contributed by atoms with Crippen molar-refractivity contribution in [1.82, 2.24) is 25.1 Å². The van der Waals surface area contributed by atoms with E-state index in [0.717, 1.165) is 31.6 Å². The lowest BCUT2D eigenvalue weighted by atomic mass is 10.0. The molecule has 1 saturated heterocycles. The number of hydrogen-bond acceptors (Lipinski definition) is 4. The summed E-state index contributed by atoms with van der Waals surface area (Å²) in [4.78, 5) is 22.8. The smallest absolute Gasteiger partial charge is 0.254 e. The number of nitrogens with one attached hydrogen (secondary N) is 1. The van der Waals surface area contributed by atoms with Crippen LogP contribution in [-0.4, -0.2) is 37.5 Å². The van der Waals surface area contributed by atoms with Crippen molar-refractivity contribution in [2.45, 2.75) is 32.2 Å². The molecule has 0 unspecified atom stereocenters. The van der Waals surface area contributed by atoms with Gasteiger partial charge in [-0.2, -0.15) is 5.10 Å². The summed E-state index contributed by atoms with van der Waals surface area (Å²) in [5.41, 5.74) is 0.666. The van der Waals surface area contributed by atoms with Crippen LogP contribution in [0, 0.1) is 6.92 Å². The van der Waals surface area contributed by atoms with Crippen LogP contribution in [0.2, 0.25) is 0 Å². The molecule has 1 fully saturated rings. The third kappa shape index (κ3) is 2.41. The van der Waals surface area contributed by atoms with Crippen LogP contribution in [0.1, 0.15) is 47.3 Å². The first-order valence-electron chi connectivity index (χ1n) is 6.85. The summed E-state index contributed by atoms with van der Waals surface area (Å²) in [6.45, 7) is 2.62. The Morgan fingerprint density at radius 1 is 1.35 bits per heavy atom. The van der Waals surface area contributed by atoms with Crippen molar-refractivity contribution in [2.75, 3.05) is 6.54 Å². The van der Waals surface area contributed by atoms with Gasteiger partial charge >= 0.3 is 0 Å². The predicted molar refractivity (Wildman–Crippen MR) is 73.0 cm³/mol. The summed E-state index contributed by atoms with van der Waals surface area (Å²) in [5.74, 6) is 1.52. The van der Waals surface area contributed by atoms with Crippen LogP contribution in [0.3, 0.4) is 0 Å². The number of aromatic amines is 1. The summed E-state index contributed by atoms with van der Waals surface area (Å²) in [5, 5.41) is 7.08. The molecule has 0 bridgehead atoms. The van der Waals surface area contributed by atoms with Gasteiger partial charge in [-0.25, -0.2) is 4.98 Å².